The maximum absolute atomic E-state index is 13.0. The van der Waals surface area contributed by atoms with Crippen LogP contribution in [-0.2, 0) is 6.61 Å². The summed E-state index contributed by atoms with van der Waals surface area (Å²) in [5, 5.41) is 0.511. The molecule has 4 heteroatoms. The number of halogens is 3. The van der Waals surface area contributed by atoms with Gasteiger partial charge in [0.1, 0.15) is 18.2 Å². The average molecular weight is 363 g/mol. The van der Waals surface area contributed by atoms with Gasteiger partial charge in [-0.1, -0.05) is 17.7 Å². The fourth-order valence-electron chi connectivity index (χ4n) is 1.37. The SMILES string of the molecule is Fc1ccc(Cl)c(COc2cccc(I)c2)c1. The molecule has 2 aromatic rings. The van der Waals surface area contributed by atoms with Crippen LogP contribution < -0.4 is 4.74 Å². The Bertz CT molecular complexity index is 531. The van der Waals surface area contributed by atoms with Crippen molar-refractivity contribution in [3.05, 3.63) is 62.4 Å². The number of rotatable bonds is 3. The van der Waals surface area contributed by atoms with Gasteiger partial charge in [0.05, 0.1) is 0 Å². The predicted molar refractivity (Wildman–Crippen MR) is 74.9 cm³/mol. The van der Waals surface area contributed by atoms with Crippen LogP contribution in [0.1, 0.15) is 5.56 Å². The summed E-state index contributed by atoms with van der Waals surface area (Å²) in [7, 11) is 0. The van der Waals surface area contributed by atoms with E-state index in [9.17, 15) is 4.39 Å². The van der Waals surface area contributed by atoms with E-state index in [0.29, 0.717) is 10.6 Å². The van der Waals surface area contributed by atoms with Crippen LogP contribution in [0.15, 0.2) is 42.5 Å². The Morgan fingerprint density at radius 1 is 1.18 bits per heavy atom. The fraction of sp³-hybridized carbons (Fsp3) is 0.0769. The second-order valence-corrected chi connectivity index (χ2v) is 5.13. The lowest BCUT2D eigenvalue weighted by atomic mass is 10.2. The van der Waals surface area contributed by atoms with E-state index in [1.807, 2.05) is 24.3 Å². The van der Waals surface area contributed by atoms with Crippen molar-refractivity contribution in [2.45, 2.75) is 6.61 Å². The van der Waals surface area contributed by atoms with Gasteiger partial charge in [-0.15, -0.1) is 0 Å². The van der Waals surface area contributed by atoms with Gasteiger partial charge in [-0.25, -0.2) is 4.39 Å². The number of hydrogen-bond donors (Lipinski definition) is 0. The summed E-state index contributed by atoms with van der Waals surface area (Å²) in [5.41, 5.74) is 0.644. The zero-order valence-corrected chi connectivity index (χ0v) is 11.7. The van der Waals surface area contributed by atoms with Crippen molar-refractivity contribution in [1.29, 1.82) is 0 Å². The Hall–Kier alpha value is -0.810. The van der Waals surface area contributed by atoms with Gasteiger partial charge in [-0.05, 0) is 59.0 Å². The van der Waals surface area contributed by atoms with Crippen LogP contribution in [0.5, 0.6) is 5.75 Å². The number of benzene rings is 2. The maximum Gasteiger partial charge on any atom is 0.123 e. The molecule has 0 saturated heterocycles. The van der Waals surface area contributed by atoms with Crippen LogP contribution in [0, 0.1) is 9.39 Å². The van der Waals surface area contributed by atoms with Crippen molar-refractivity contribution in [3.63, 3.8) is 0 Å². The molecule has 0 unspecified atom stereocenters. The third kappa shape index (κ3) is 3.57. The molecule has 0 atom stereocenters. The predicted octanol–water partition coefficient (Wildman–Crippen LogP) is 4.66. The highest BCUT2D eigenvalue weighted by Crippen LogP contribution is 2.20. The minimum atomic E-state index is -0.310. The van der Waals surface area contributed by atoms with E-state index in [4.69, 9.17) is 16.3 Å². The average Bonchev–Trinajstić information content (AvgIpc) is 2.30. The molecule has 2 rings (SSSR count). The standard InChI is InChI=1S/C13H9ClFIO/c14-13-5-4-10(15)6-9(13)8-17-12-3-1-2-11(16)7-12/h1-7H,8H2. The van der Waals surface area contributed by atoms with Gasteiger partial charge in [0.15, 0.2) is 0 Å². The summed E-state index contributed by atoms with van der Waals surface area (Å²) in [5.74, 6) is 0.438. The van der Waals surface area contributed by atoms with E-state index >= 15 is 0 Å². The monoisotopic (exact) mass is 362 g/mol. The molecule has 0 saturated carbocycles. The molecule has 0 aliphatic carbocycles. The number of ether oxygens (including phenoxy) is 1. The fourth-order valence-corrected chi connectivity index (χ4v) is 2.06. The van der Waals surface area contributed by atoms with E-state index in [1.165, 1.54) is 18.2 Å². The molecular weight excluding hydrogens is 353 g/mol. The second-order valence-electron chi connectivity index (χ2n) is 3.48. The van der Waals surface area contributed by atoms with Gasteiger partial charge >= 0.3 is 0 Å². The van der Waals surface area contributed by atoms with Crippen molar-refractivity contribution >= 4 is 34.2 Å². The van der Waals surface area contributed by atoms with Gasteiger partial charge in [-0.2, -0.15) is 0 Å². The molecule has 0 N–H and O–H groups in total. The molecule has 0 amide bonds. The topological polar surface area (TPSA) is 9.23 Å². The molecule has 0 aromatic heterocycles. The molecule has 0 heterocycles. The van der Waals surface area contributed by atoms with Crippen LogP contribution in [0.2, 0.25) is 5.02 Å². The normalized spacial score (nSPS) is 10.3. The highest BCUT2D eigenvalue weighted by Gasteiger charge is 2.03. The van der Waals surface area contributed by atoms with Gasteiger partial charge in [-0.3, -0.25) is 0 Å². The molecule has 0 radical (unpaired) electrons. The molecule has 0 fully saturated rings. The van der Waals surface area contributed by atoms with Crippen LogP contribution in [0.4, 0.5) is 4.39 Å². The third-order valence-corrected chi connectivity index (χ3v) is 3.24. The second kappa shape index (κ2) is 5.69. The summed E-state index contributed by atoms with van der Waals surface area (Å²) < 4.78 is 19.7. The summed E-state index contributed by atoms with van der Waals surface area (Å²) in [4.78, 5) is 0. The summed E-state index contributed by atoms with van der Waals surface area (Å²) in [6.45, 7) is 0.261. The summed E-state index contributed by atoms with van der Waals surface area (Å²) in [6, 6.07) is 11.9. The molecule has 17 heavy (non-hydrogen) atoms. The van der Waals surface area contributed by atoms with E-state index < -0.39 is 0 Å². The van der Waals surface area contributed by atoms with Crippen molar-refractivity contribution in [2.75, 3.05) is 0 Å². The largest absolute Gasteiger partial charge is 0.489 e. The lowest BCUT2D eigenvalue weighted by Crippen LogP contribution is -1.97. The van der Waals surface area contributed by atoms with Crippen LogP contribution in [0.25, 0.3) is 0 Å². The Morgan fingerprint density at radius 3 is 2.76 bits per heavy atom. The summed E-state index contributed by atoms with van der Waals surface area (Å²) in [6.07, 6.45) is 0. The van der Waals surface area contributed by atoms with E-state index in [1.54, 1.807) is 0 Å². The molecule has 0 aliphatic rings. The highest BCUT2D eigenvalue weighted by molar-refractivity contribution is 14.1. The van der Waals surface area contributed by atoms with Gasteiger partial charge < -0.3 is 4.74 Å². The van der Waals surface area contributed by atoms with Gasteiger partial charge in [0.2, 0.25) is 0 Å². The van der Waals surface area contributed by atoms with Crippen molar-refractivity contribution in [3.8, 4) is 5.75 Å². The zero-order chi connectivity index (χ0) is 12.3. The first-order valence-corrected chi connectivity index (χ1v) is 6.43. The van der Waals surface area contributed by atoms with Gasteiger partial charge in [0.25, 0.3) is 0 Å². The molecule has 0 bridgehead atoms. The third-order valence-electron chi connectivity index (χ3n) is 2.20. The van der Waals surface area contributed by atoms with Crippen LogP contribution in [-0.4, -0.2) is 0 Å². The zero-order valence-electron chi connectivity index (χ0n) is 8.79. The van der Waals surface area contributed by atoms with Crippen LogP contribution >= 0.6 is 34.2 Å². The highest BCUT2D eigenvalue weighted by atomic mass is 127. The molecule has 2 aromatic carbocycles. The molecule has 0 spiro atoms. The van der Waals surface area contributed by atoms with E-state index in [-0.39, 0.29) is 12.4 Å². The first kappa shape index (κ1) is 12.6. The van der Waals surface area contributed by atoms with Crippen molar-refractivity contribution < 1.29 is 9.13 Å². The van der Waals surface area contributed by atoms with Crippen molar-refractivity contribution in [1.82, 2.24) is 0 Å². The van der Waals surface area contributed by atoms with E-state index in [2.05, 4.69) is 22.6 Å². The molecular formula is C13H9ClFIO. The Morgan fingerprint density at radius 2 is 2.00 bits per heavy atom. The Labute approximate surface area is 118 Å². The quantitative estimate of drug-likeness (QED) is 0.722. The van der Waals surface area contributed by atoms with Crippen molar-refractivity contribution in [2.24, 2.45) is 0 Å². The minimum absolute atomic E-state index is 0.261. The summed E-state index contributed by atoms with van der Waals surface area (Å²) >= 11 is 8.15. The van der Waals surface area contributed by atoms with E-state index in [0.717, 1.165) is 9.32 Å². The van der Waals surface area contributed by atoms with Gasteiger partial charge in [0, 0.05) is 14.2 Å². The molecule has 88 valence electrons. The van der Waals surface area contributed by atoms with Crippen LogP contribution in [0.3, 0.4) is 0 Å². The molecule has 1 nitrogen and oxygen atoms in total. The first-order valence-electron chi connectivity index (χ1n) is 4.97. The lowest BCUT2D eigenvalue weighted by molar-refractivity contribution is 0.305. The lowest BCUT2D eigenvalue weighted by Gasteiger charge is -2.08. The molecule has 0 aliphatic heterocycles. The number of hydrogen-bond acceptors (Lipinski definition) is 1. The Kier molecular flexibility index (Phi) is 4.23. The minimum Gasteiger partial charge on any atom is -0.489 e. The smallest absolute Gasteiger partial charge is 0.123 e. The Balaban J connectivity index is 2.09. The maximum atomic E-state index is 13.0. The first-order chi connectivity index (χ1) is 8.15.